The van der Waals surface area contributed by atoms with Crippen molar-refractivity contribution >= 4 is 32.9 Å². The summed E-state index contributed by atoms with van der Waals surface area (Å²) >= 11 is 0. The number of carbonyl (C=O) groups is 2. The first-order valence-electron chi connectivity index (χ1n) is 7.95. The molecule has 0 aromatic heterocycles. The van der Waals surface area contributed by atoms with Crippen LogP contribution in [0.5, 0.6) is 5.75 Å². The molecule has 0 saturated carbocycles. The number of hydrogen-bond acceptors (Lipinski definition) is 6. The van der Waals surface area contributed by atoms with Gasteiger partial charge in [0, 0.05) is 23.5 Å². The molecule has 7 heteroatoms. The monoisotopic (exact) mass is 384 g/mol. The molecule has 1 heterocycles. The van der Waals surface area contributed by atoms with Crippen molar-refractivity contribution in [1.82, 2.24) is 0 Å². The molecule has 0 atom stereocenters. The molecule has 27 heavy (non-hydrogen) atoms. The molecule has 0 spiro atoms. The number of para-hydroxylation sites is 1. The molecule has 0 radical (unpaired) electrons. The molecule has 6 nitrogen and oxygen atoms in total. The van der Waals surface area contributed by atoms with Crippen molar-refractivity contribution in [3.05, 3.63) is 72.3 Å². The van der Waals surface area contributed by atoms with Crippen LogP contribution in [-0.4, -0.2) is 33.2 Å². The molecular formula is C20H16O6S. The Bertz CT molecular complexity index is 1060. The van der Waals surface area contributed by atoms with E-state index in [1.165, 1.54) is 12.1 Å². The Morgan fingerprint density at radius 3 is 2.44 bits per heavy atom. The van der Waals surface area contributed by atoms with Crippen molar-refractivity contribution in [2.24, 2.45) is 0 Å². The van der Waals surface area contributed by atoms with Crippen molar-refractivity contribution in [3.8, 4) is 5.75 Å². The number of cyclic esters (lactones) is 1. The SMILES string of the molecule is C=CC(=O)Oc1ccccc1C1=C(c2ccc(S(C)(=O)=O)cc2)COC1=O. The van der Waals surface area contributed by atoms with Crippen LogP contribution in [0.25, 0.3) is 11.1 Å². The van der Waals surface area contributed by atoms with Crippen LogP contribution in [0.4, 0.5) is 0 Å². The summed E-state index contributed by atoms with van der Waals surface area (Å²) in [4.78, 5) is 24.1. The molecule has 0 bridgehead atoms. The van der Waals surface area contributed by atoms with E-state index in [-0.39, 0.29) is 22.8 Å². The van der Waals surface area contributed by atoms with E-state index in [2.05, 4.69) is 6.58 Å². The molecule has 138 valence electrons. The van der Waals surface area contributed by atoms with E-state index in [4.69, 9.17) is 9.47 Å². The maximum Gasteiger partial charge on any atom is 0.339 e. The van der Waals surface area contributed by atoms with Crippen molar-refractivity contribution in [2.75, 3.05) is 12.9 Å². The summed E-state index contributed by atoms with van der Waals surface area (Å²) in [6.07, 6.45) is 2.15. The summed E-state index contributed by atoms with van der Waals surface area (Å²) in [6, 6.07) is 12.8. The third-order valence-electron chi connectivity index (χ3n) is 4.02. The fourth-order valence-electron chi connectivity index (χ4n) is 2.72. The Kier molecular flexibility index (Phi) is 4.96. The van der Waals surface area contributed by atoms with Gasteiger partial charge in [-0.15, -0.1) is 0 Å². The quantitative estimate of drug-likeness (QED) is 0.447. The molecule has 2 aromatic carbocycles. The van der Waals surface area contributed by atoms with E-state index < -0.39 is 21.8 Å². The number of sulfone groups is 1. The largest absolute Gasteiger partial charge is 0.457 e. The van der Waals surface area contributed by atoms with Crippen LogP contribution >= 0.6 is 0 Å². The van der Waals surface area contributed by atoms with Crippen LogP contribution in [0.2, 0.25) is 0 Å². The van der Waals surface area contributed by atoms with Gasteiger partial charge >= 0.3 is 11.9 Å². The van der Waals surface area contributed by atoms with Crippen LogP contribution in [-0.2, 0) is 24.2 Å². The number of esters is 2. The van der Waals surface area contributed by atoms with Crippen LogP contribution in [0, 0.1) is 0 Å². The number of hydrogen-bond donors (Lipinski definition) is 0. The summed E-state index contributed by atoms with van der Waals surface area (Å²) in [5, 5.41) is 0. The minimum atomic E-state index is -3.32. The molecule has 3 rings (SSSR count). The third-order valence-corrected chi connectivity index (χ3v) is 5.15. The fraction of sp³-hybridized carbons (Fsp3) is 0.100. The number of ether oxygens (including phenoxy) is 2. The first kappa shape index (κ1) is 18.6. The summed E-state index contributed by atoms with van der Waals surface area (Å²) in [6.45, 7) is 3.40. The lowest BCUT2D eigenvalue weighted by molar-refractivity contribution is -0.134. The molecule has 1 aliphatic rings. The van der Waals surface area contributed by atoms with Crippen LogP contribution in [0.1, 0.15) is 11.1 Å². The Morgan fingerprint density at radius 1 is 1.15 bits per heavy atom. The van der Waals surface area contributed by atoms with E-state index in [0.717, 1.165) is 12.3 Å². The minimum absolute atomic E-state index is 0.0378. The standard InChI is InChI=1S/C20H16O6S/c1-3-18(21)26-17-7-5-4-6-15(17)19-16(12-25-20(19)22)13-8-10-14(11-9-13)27(2,23)24/h3-11H,1,12H2,2H3. The Balaban J connectivity index is 2.11. The van der Waals surface area contributed by atoms with Gasteiger partial charge in [-0.2, -0.15) is 0 Å². The lowest BCUT2D eigenvalue weighted by Crippen LogP contribution is -2.07. The summed E-state index contributed by atoms with van der Waals surface area (Å²) in [5.41, 5.74) is 1.92. The third kappa shape index (κ3) is 3.83. The van der Waals surface area contributed by atoms with Gasteiger partial charge in [-0.1, -0.05) is 36.9 Å². The van der Waals surface area contributed by atoms with Gasteiger partial charge in [0.2, 0.25) is 0 Å². The molecule has 0 unspecified atom stereocenters. The summed E-state index contributed by atoms with van der Waals surface area (Å²) < 4.78 is 33.7. The second-order valence-electron chi connectivity index (χ2n) is 5.85. The molecular weight excluding hydrogens is 368 g/mol. The second kappa shape index (κ2) is 7.20. The first-order valence-corrected chi connectivity index (χ1v) is 9.85. The van der Waals surface area contributed by atoms with E-state index in [0.29, 0.717) is 16.7 Å². The Labute approximate surface area is 156 Å². The van der Waals surface area contributed by atoms with Gasteiger partial charge in [-0.3, -0.25) is 0 Å². The highest BCUT2D eigenvalue weighted by molar-refractivity contribution is 7.90. The van der Waals surface area contributed by atoms with Gasteiger partial charge in [0.25, 0.3) is 0 Å². The highest BCUT2D eigenvalue weighted by Gasteiger charge is 2.29. The average Bonchev–Trinajstić information content (AvgIpc) is 3.03. The summed E-state index contributed by atoms with van der Waals surface area (Å²) in [5.74, 6) is -0.978. The predicted molar refractivity (Wildman–Crippen MR) is 99.6 cm³/mol. The van der Waals surface area contributed by atoms with E-state index in [9.17, 15) is 18.0 Å². The lowest BCUT2D eigenvalue weighted by Gasteiger charge is -2.10. The molecule has 0 saturated heterocycles. The van der Waals surface area contributed by atoms with Gasteiger partial charge in [0.05, 0.1) is 10.5 Å². The highest BCUT2D eigenvalue weighted by atomic mass is 32.2. The molecule has 0 amide bonds. The first-order chi connectivity index (χ1) is 12.8. The van der Waals surface area contributed by atoms with Gasteiger partial charge in [0.15, 0.2) is 9.84 Å². The Hall–Kier alpha value is -3.19. The fourth-order valence-corrected chi connectivity index (χ4v) is 3.35. The minimum Gasteiger partial charge on any atom is -0.457 e. The van der Waals surface area contributed by atoms with Crippen molar-refractivity contribution < 1.29 is 27.5 Å². The van der Waals surface area contributed by atoms with Crippen molar-refractivity contribution in [2.45, 2.75) is 4.90 Å². The van der Waals surface area contributed by atoms with Crippen molar-refractivity contribution in [3.63, 3.8) is 0 Å². The zero-order valence-corrected chi connectivity index (χ0v) is 15.3. The number of carbonyl (C=O) groups excluding carboxylic acids is 2. The van der Waals surface area contributed by atoms with Gasteiger partial charge in [0.1, 0.15) is 12.4 Å². The van der Waals surface area contributed by atoms with E-state index >= 15 is 0 Å². The smallest absolute Gasteiger partial charge is 0.339 e. The summed E-state index contributed by atoms with van der Waals surface area (Å²) in [7, 11) is -3.32. The molecule has 0 aliphatic carbocycles. The highest BCUT2D eigenvalue weighted by Crippen LogP contribution is 2.37. The molecule has 0 fully saturated rings. The molecule has 2 aromatic rings. The average molecular weight is 384 g/mol. The van der Waals surface area contributed by atoms with Gasteiger partial charge in [-0.05, 0) is 23.8 Å². The van der Waals surface area contributed by atoms with Gasteiger partial charge < -0.3 is 9.47 Å². The zero-order valence-electron chi connectivity index (χ0n) is 14.5. The number of rotatable bonds is 5. The maximum absolute atomic E-state index is 12.4. The van der Waals surface area contributed by atoms with Crippen LogP contribution in [0.3, 0.4) is 0 Å². The predicted octanol–water partition coefficient (Wildman–Crippen LogP) is 2.65. The lowest BCUT2D eigenvalue weighted by atomic mass is 9.96. The zero-order chi connectivity index (χ0) is 19.6. The van der Waals surface area contributed by atoms with Crippen molar-refractivity contribution in [1.29, 1.82) is 0 Å². The van der Waals surface area contributed by atoms with E-state index in [1.54, 1.807) is 36.4 Å². The molecule has 1 aliphatic heterocycles. The van der Waals surface area contributed by atoms with E-state index in [1.807, 2.05) is 0 Å². The number of benzene rings is 2. The maximum atomic E-state index is 12.4. The van der Waals surface area contributed by atoms with Crippen LogP contribution < -0.4 is 4.74 Å². The second-order valence-corrected chi connectivity index (χ2v) is 7.86. The topological polar surface area (TPSA) is 86.7 Å². The van der Waals surface area contributed by atoms with Gasteiger partial charge in [-0.25, -0.2) is 18.0 Å². The molecule has 0 N–H and O–H groups in total. The van der Waals surface area contributed by atoms with Crippen LogP contribution in [0.15, 0.2) is 66.1 Å². The normalized spacial score (nSPS) is 14.0. The Morgan fingerprint density at radius 2 is 1.81 bits per heavy atom.